The molecule has 2 aliphatic rings. The number of rotatable bonds is 5. The highest BCUT2D eigenvalue weighted by Crippen LogP contribution is 2.36. The zero-order valence-electron chi connectivity index (χ0n) is 19.4. The Labute approximate surface area is 199 Å². The van der Waals surface area contributed by atoms with Gasteiger partial charge in [0, 0.05) is 13.1 Å². The first kappa shape index (κ1) is 24.0. The molecule has 10 heteroatoms. The summed E-state index contributed by atoms with van der Waals surface area (Å²) in [6.07, 6.45) is 0.123. The maximum Gasteiger partial charge on any atom is 0.348 e. The van der Waals surface area contributed by atoms with Crippen molar-refractivity contribution < 1.29 is 32.2 Å². The lowest BCUT2D eigenvalue weighted by atomic mass is 9.97. The Morgan fingerprint density at radius 2 is 1.85 bits per heavy atom. The average molecular weight is 489 g/mol. The van der Waals surface area contributed by atoms with Crippen molar-refractivity contribution in [1.82, 2.24) is 4.31 Å². The van der Waals surface area contributed by atoms with Crippen LogP contribution in [0.2, 0.25) is 0 Å². The first-order valence-corrected chi connectivity index (χ1v) is 12.5. The Morgan fingerprint density at radius 3 is 2.59 bits per heavy atom. The Morgan fingerprint density at radius 1 is 1.09 bits per heavy atom. The van der Waals surface area contributed by atoms with Gasteiger partial charge < -0.3 is 19.1 Å². The minimum atomic E-state index is -3.87. The van der Waals surface area contributed by atoms with E-state index in [4.69, 9.17) is 14.2 Å². The van der Waals surface area contributed by atoms with Crippen molar-refractivity contribution in [2.24, 2.45) is 5.92 Å². The normalized spacial score (nSPS) is 20.7. The number of amides is 1. The lowest BCUT2D eigenvalue weighted by Crippen LogP contribution is -2.52. The lowest BCUT2D eigenvalue weighted by Gasteiger charge is -2.38. The molecule has 9 nitrogen and oxygen atoms in total. The fourth-order valence-electron chi connectivity index (χ4n) is 4.40. The maximum absolute atomic E-state index is 13.6. The molecule has 34 heavy (non-hydrogen) atoms. The van der Waals surface area contributed by atoms with E-state index in [1.807, 2.05) is 6.92 Å². The van der Waals surface area contributed by atoms with Crippen LogP contribution >= 0.6 is 0 Å². The van der Waals surface area contributed by atoms with Crippen molar-refractivity contribution in [3.63, 3.8) is 0 Å². The SMILES string of the molecule is COC(=O)[C@H]1CN(C(=O)[C@H]2CCCN(S(=O)(=O)c3cc(C)ccc3OC)C2)c2ccccc2O1. The molecule has 0 saturated carbocycles. The van der Waals surface area contributed by atoms with E-state index < -0.39 is 28.0 Å². The summed E-state index contributed by atoms with van der Waals surface area (Å²) in [6, 6.07) is 12.0. The third-order valence-corrected chi connectivity index (χ3v) is 8.06. The van der Waals surface area contributed by atoms with Crippen molar-refractivity contribution in [2.45, 2.75) is 30.8 Å². The van der Waals surface area contributed by atoms with Gasteiger partial charge in [0.25, 0.3) is 0 Å². The van der Waals surface area contributed by atoms with Crippen molar-refractivity contribution >= 4 is 27.6 Å². The highest BCUT2D eigenvalue weighted by atomic mass is 32.2. The van der Waals surface area contributed by atoms with Crippen LogP contribution in [0.4, 0.5) is 5.69 Å². The molecule has 0 N–H and O–H groups in total. The summed E-state index contributed by atoms with van der Waals surface area (Å²) >= 11 is 0. The monoisotopic (exact) mass is 488 g/mol. The van der Waals surface area contributed by atoms with Gasteiger partial charge in [-0.1, -0.05) is 18.2 Å². The van der Waals surface area contributed by atoms with Crippen LogP contribution in [0.15, 0.2) is 47.4 Å². The molecule has 2 aromatic rings. The number of sulfonamides is 1. The van der Waals surface area contributed by atoms with Crippen LogP contribution in [0.25, 0.3) is 0 Å². The predicted octanol–water partition coefficient (Wildman–Crippen LogP) is 2.37. The molecule has 1 saturated heterocycles. The molecular weight excluding hydrogens is 460 g/mol. The second-order valence-electron chi connectivity index (χ2n) is 8.40. The Kier molecular flexibility index (Phi) is 6.81. The van der Waals surface area contributed by atoms with E-state index in [1.54, 1.807) is 42.5 Å². The molecule has 4 rings (SSSR count). The molecule has 2 atom stereocenters. The maximum atomic E-state index is 13.6. The van der Waals surface area contributed by atoms with Gasteiger partial charge in [-0.05, 0) is 49.6 Å². The number of hydrogen-bond acceptors (Lipinski definition) is 7. The van der Waals surface area contributed by atoms with Crippen LogP contribution in [0.1, 0.15) is 18.4 Å². The van der Waals surface area contributed by atoms with Gasteiger partial charge in [-0.3, -0.25) is 4.79 Å². The second-order valence-corrected chi connectivity index (χ2v) is 10.3. The number of aryl methyl sites for hydroxylation is 1. The number of fused-ring (bicyclic) bond motifs is 1. The first-order valence-electron chi connectivity index (χ1n) is 11.1. The number of carbonyl (C=O) groups excluding carboxylic acids is 2. The van der Waals surface area contributed by atoms with Gasteiger partial charge in [-0.2, -0.15) is 4.31 Å². The van der Waals surface area contributed by atoms with E-state index in [9.17, 15) is 18.0 Å². The molecule has 2 aromatic carbocycles. The van der Waals surface area contributed by atoms with Gasteiger partial charge in [-0.25, -0.2) is 13.2 Å². The molecule has 0 aromatic heterocycles. The van der Waals surface area contributed by atoms with Crippen molar-refractivity contribution in [3.8, 4) is 11.5 Å². The fraction of sp³-hybridized carbons (Fsp3) is 0.417. The molecule has 1 fully saturated rings. The highest BCUT2D eigenvalue weighted by molar-refractivity contribution is 7.89. The predicted molar refractivity (Wildman–Crippen MR) is 124 cm³/mol. The van der Waals surface area contributed by atoms with Gasteiger partial charge in [0.05, 0.1) is 32.4 Å². The molecule has 2 aliphatic heterocycles. The highest BCUT2D eigenvalue weighted by Gasteiger charge is 2.40. The quantitative estimate of drug-likeness (QED) is 0.596. The average Bonchev–Trinajstić information content (AvgIpc) is 2.87. The number of nitrogens with zero attached hydrogens (tertiary/aromatic N) is 2. The fourth-order valence-corrected chi connectivity index (χ4v) is 6.17. The molecule has 0 unspecified atom stereocenters. The van der Waals surface area contributed by atoms with E-state index in [0.29, 0.717) is 30.8 Å². The van der Waals surface area contributed by atoms with Crippen LogP contribution in [0.3, 0.4) is 0 Å². The third kappa shape index (κ3) is 4.47. The Bertz CT molecular complexity index is 1200. The van der Waals surface area contributed by atoms with E-state index in [2.05, 4.69) is 0 Å². The first-order chi connectivity index (χ1) is 16.3. The van der Waals surface area contributed by atoms with Gasteiger partial charge >= 0.3 is 5.97 Å². The molecule has 0 spiro atoms. The molecule has 2 heterocycles. The zero-order valence-corrected chi connectivity index (χ0v) is 20.2. The van der Waals surface area contributed by atoms with Crippen molar-refractivity contribution in [1.29, 1.82) is 0 Å². The third-order valence-electron chi connectivity index (χ3n) is 6.17. The summed E-state index contributed by atoms with van der Waals surface area (Å²) < 4.78 is 44.2. The number of carbonyl (C=O) groups is 2. The topological polar surface area (TPSA) is 102 Å². The largest absolute Gasteiger partial charge is 0.495 e. The summed E-state index contributed by atoms with van der Waals surface area (Å²) in [6.45, 7) is 2.17. The molecule has 182 valence electrons. The Hall–Kier alpha value is -3.11. The van der Waals surface area contributed by atoms with Crippen LogP contribution < -0.4 is 14.4 Å². The molecule has 1 amide bonds. The second kappa shape index (κ2) is 9.63. The number of benzene rings is 2. The van der Waals surface area contributed by atoms with Crippen LogP contribution in [-0.4, -0.2) is 64.6 Å². The minimum absolute atomic E-state index is 0.00251. The van der Waals surface area contributed by atoms with Gasteiger partial charge in [0.2, 0.25) is 22.0 Å². The van der Waals surface area contributed by atoms with Crippen LogP contribution in [0.5, 0.6) is 11.5 Å². The number of anilines is 1. The van der Waals surface area contributed by atoms with E-state index in [1.165, 1.54) is 23.4 Å². The van der Waals surface area contributed by atoms with Gasteiger partial charge in [-0.15, -0.1) is 0 Å². The van der Waals surface area contributed by atoms with Crippen LogP contribution in [-0.2, 0) is 24.3 Å². The summed E-state index contributed by atoms with van der Waals surface area (Å²) in [7, 11) is -1.18. The van der Waals surface area contributed by atoms with E-state index in [-0.39, 0.29) is 29.6 Å². The molecule has 0 radical (unpaired) electrons. The number of para-hydroxylation sites is 2. The Balaban J connectivity index is 1.60. The standard InChI is InChI=1S/C24H28N2O7S/c1-16-10-11-20(31-2)22(13-16)34(29,30)25-12-6-7-17(14-25)23(27)26-15-21(24(28)32-3)33-19-9-5-4-8-18(19)26/h4-5,8-11,13,17,21H,6-7,12,14-15H2,1-3H3/t17-,21+/m0/s1. The molecular formula is C24H28N2O7S. The van der Waals surface area contributed by atoms with Gasteiger partial charge in [0.15, 0.2) is 0 Å². The van der Waals surface area contributed by atoms with E-state index >= 15 is 0 Å². The number of methoxy groups -OCH3 is 2. The van der Waals surface area contributed by atoms with Crippen molar-refractivity contribution in [3.05, 3.63) is 48.0 Å². The zero-order chi connectivity index (χ0) is 24.5. The summed E-state index contributed by atoms with van der Waals surface area (Å²) in [4.78, 5) is 27.4. The van der Waals surface area contributed by atoms with Crippen molar-refractivity contribution in [2.75, 3.05) is 38.8 Å². The summed E-state index contributed by atoms with van der Waals surface area (Å²) in [5.74, 6) is -0.722. The number of ether oxygens (including phenoxy) is 3. The number of esters is 1. The summed E-state index contributed by atoms with van der Waals surface area (Å²) in [5, 5.41) is 0. The lowest BCUT2D eigenvalue weighted by molar-refractivity contribution is -0.148. The minimum Gasteiger partial charge on any atom is -0.495 e. The van der Waals surface area contributed by atoms with E-state index in [0.717, 1.165) is 5.56 Å². The number of piperidine rings is 1. The van der Waals surface area contributed by atoms with Crippen LogP contribution in [0, 0.1) is 12.8 Å². The molecule has 0 bridgehead atoms. The molecule has 0 aliphatic carbocycles. The number of hydrogen-bond donors (Lipinski definition) is 0. The smallest absolute Gasteiger partial charge is 0.348 e. The van der Waals surface area contributed by atoms with Gasteiger partial charge in [0.1, 0.15) is 16.4 Å². The summed E-state index contributed by atoms with van der Waals surface area (Å²) in [5.41, 5.74) is 1.34.